The Labute approximate surface area is 75.4 Å². The van der Waals surface area contributed by atoms with E-state index >= 15 is 0 Å². The Morgan fingerprint density at radius 3 is 2.42 bits per heavy atom. The molecule has 0 heterocycles. The molecule has 1 fully saturated rings. The molecule has 1 unspecified atom stereocenters. The monoisotopic (exact) mass is 171 g/mol. The molecular formula is C10H21NO. The normalized spacial score (nSPS) is 34.0. The molecule has 1 rings (SSSR count). The second-order valence-corrected chi connectivity index (χ2v) is 4.55. The minimum Gasteiger partial charge on any atom is -0.388 e. The van der Waals surface area contributed by atoms with Gasteiger partial charge in [-0.15, -0.1) is 0 Å². The van der Waals surface area contributed by atoms with Crippen LogP contribution in [-0.2, 0) is 0 Å². The highest BCUT2D eigenvalue weighted by atomic mass is 16.3. The van der Waals surface area contributed by atoms with Gasteiger partial charge in [0.1, 0.15) is 0 Å². The molecule has 0 aromatic rings. The third-order valence-corrected chi connectivity index (χ3v) is 3.32. The molecule has 0 aromatic carbocycles. The van der Waals surface area contributed by atoms with Gasteiger partial charge in [0, 0.05) is 6.54 Å². The molecule has 1 atom stereocenters. The summed E-state index contributed by atoms with van der Waals surface area (Å²) in [5.41, 5.74) is -0.377. The first-order valence-electron chi connectivity index (χ1n) is 4.95. The molecule has 0 bridgehead atoms. The molecule has 2 N–H and O–H groups in total. The van der Waals surface area contributed by atoms with E-state index in [0.717, 1.165) is 32.4 Å². The Balaban J connectivity index is 2.56. The molecule has 0 spiro atoms. The Morgan fingerprint density at radius 2 is 2.00 bits per heavy atom. The van der Waals surface area contributed by atoms with E-state index in [0.29, 0.717) is 0 Å². The van der Waals surface area contributed by atoms with E-state index in [-0.39, 0.29) is 5.41 Å². The van der Waals surface area contributed by atoms with Crippen LogP contribution in [0.4, 0.5) is 0 Å². The quantitative estimate of drug-likeness (QED) is 0.675. The lowest BCUT2D eigenvalue weighted by Gasteiger charge is -2.36. The molecule has 72 valence electrons. The van der Waals surface area contributed by atoms with Crippen molar-refractivity contribution >= 4 is 0 Å². The Morgan fingerprint density at radius 1 is 1.33 bits per heavy atom. The van der Waals surface area contributed by atoms with Crippen LogP contribution in [0, 0.1) is 5.41 Å². The van der Waals surface area contributed by atoms with Crippen LogP contribution in [0.3, 0.4) is 0 Å². The number of aliphatic hydroxyl groups is 1. The van der Waals surface area contributed by atoms with Crippen molar-refractivity contribution in [1.82, 2.24) is 5.32 Å². The van der Waals surface area contributed by atoms with Gasteiger partial charge in [0.2, 0.25) is 0 Å². The summed E-state index contributed by atoms with van der Waals surface area (Å²) in [6.45, 7) is 8.09. The molecule has 2 heteroatoms. The van der Waals surface area contributed by atoms with Crippen molar-refractivity contribution in [1.29, 1.82) is 0 Å². The molecule has 12 heavy (non-hydrogen) atoms. The molecule has 1 aliphatic carbocycles. The van der Waals surface area contributed by atoms with Crippen molar-refractivity contribution in [3.8, 4) is 0 Å². The van der Waals surface area contributed by atoms with Gasteiger partial charge in [0.05, 0.1) is 5.60 Å². The van der Waals surface area contributed by atoms with Gasteiger partial charge in [-0.05, 0) is 31.2 Å². The Bertz CT molecular complexity index is 156. The Hall–Kier alpha value is -0.0800. The van der Waals surface area contributed by atoms with Crippen molar-refractivity contribution in [3.63, 3.8) is 0 Å². The third kappa shape index (κ3) is 1.64. The van der Waals surface area contributed by atoms with Crippen LogP contribution in [0.1, 0.15) is 40.0 Å². The van der Waals surface area contributed by atoms with Crippen molar-refractivity contribution in [2.75, 3.05) is 13.1 Å². The molecule has 0 amide bonds. The lowest BCUT2D eigenvalue weighted by atomic mass is 9.78. The van der Waals surface area contributed by atoms with Gasteiger partial charge in [0.15, 0.2) is 0 Å². The summed E-state index contributed by atoms with van der Waals surface area (Å²) in [6.07, 6.45) is 3.26. The van der Waals surface area contributed by atoms with Crippen LogP contribution in [0.2, 0.25) is 0 Å². The maximum absolute atomic E-state index is 10.3. The van der Waals surface area contributed by atoms with Crippen LogP contribution in [-0.4, -0.2) is 23.8 Å². The van der Waals surface area contributed by atoms with Crippen molar-refractivity contribution in [2.24, 2.45) is 5.41 Å². The zero-order chi connectivity index (χ0) is 9.24. The number of hydrogen-bond donors (Lipinski definition) is 2. The summed E-state index contributed by atoms with van der Waals surface area (Å²) in [6, 6.07) is 0. The third-order valence-electron chi connectivity index (χ3n) is 3.32. The summed E-state index contributed by atoms with van der Waals surface area (Å²) in [5, 5.41) is 13.5. The van der Waals surface area contributed by atoms with Crippen LogP contribution in [0.25, 0.3) is 0 Å². The summed E-state index contributed by atoms with van der Waals surface area (Å²) >= 11 is 0. The van der Waals surface area contributed by atoms with E-state index in [1.165, 1.54) is 0 Å². The first-order chi connectivity index (χ1) is 5.52. The zero-order valence-corrected chi connectivity index (χ0v) is 8.48. The minimum absolute atomic E-state index is 0.0924. The molecule has 0 radical (unpaired) electrons. The lowest BCUT2D eigenvalue weighted by Crippen LogP contribution is -2.48. The molecule has 0 saturated heterocycles. The largest absolute Gasteiger partial charge is 0.388 e. The van der Waals surface area contributed by atoms with Gasteiger partial charge < -0.3 is 10.4 Å². The van der Waals surface area contributed by atoms with Crippen LogP contribution in [0.15, 0.2) is 0 Å². The van der Waals surface area contributed by atoms with Crippen molar-refractivity contribution < 1.29 is 5.11 Å². The maximum atomic E-state index is 10.3. The molecule has 1 saturated carbocycles. The fourth-order valence-electron chi connectivity index (χ4n) is 2.05. The van der Waals surface area contributed by atoms with E-state index in [2.05, 4.69) is 26.1 Å². The van der Waals surface area contributed by atoms with E-state index in [1.807, 2.05) is 0 Å². The van der Waals surface area contributed by atoms with Crippen LogP contribution < -0.4 is 5.32 Å². The first kappa shape index (κ1) is 10.0. The molecule has 0 aromatic heterocycles. The fourth-order valence-corrected chi connectivity index (χ4v) is 2.05. The van der Waals surface area contributed by atoms with Gasteiger partial charge in [0.25, 0.3) is 0 Å². The number of hydrogen-bond acceptors (Lipinski definition) is 2. The summed E-state index contributed by atoms with van der Waals surface area (Å²) in [7, 11) is 0. The zero-order valence-electron chi connectivity index (χ0n) is 8.48. The highest BCUT2D eigenvalue weighted by Crippen LogP contribution is 2.45. The minimum atomic E-state index is -0.469. The van der Waals surface area contributed by atoms with Gasteiger partial charge in [-0.25, -0.2) is 0 Å². The topological polar surface area (TPSA) is 32.3 Å². The number of likely N-dealkylation sites (N-methyl/N-ethyl adjacent to an activating group) is 1. The maximum Gasteiger partial charge on any atom is 0.0822 e. The number of nitrogens with one attached hydrogen (secondary N) is 1. The summed E-state index contributed by atoms with van der Waals surface area (Å²) < 4.78 is 0. The van der Waals surface area contributed by atoms with E-state index < -0.39 is 5.60 Å². The second-order valence-electron chi connectivity index (χ2n) is 4.55. The number of rotatable bonds is 3. The van der Waals surface area contributed by atoms with Gasteiger partial charge in [-0.2, -0.15) is 0 Å². The van der Waals surface area contributed by atoms with E-state index in [4.69, 9.17) is 0 Å². The predicted octanol–water partition coefficient (Wildman–Crippen LogP) is 1.54. The lowest BCUT2D eigenvalue weighted by molar-refractivity contribution is -0.0403. The average molecular weight is 171 g/mol. The molecule has 2 nitrogen and oxygen atoms in total. The SMILES string of the molecule is CCNCC1(O)CCCC1(C)C. The second kappa shape index (κ2) is 3.35. The highest BCUT2D eigenvalue weighted by Gasteiger charge is 2.46. The van der Waals surface area contributed by atoms with Gasteiger partial charge >= 0.3 is 0 Å². The first-order valence-corrected chi connectivity index (χ1v) is 4.95. The fraction of sp³-hybridized carbons (Fsp3) is 1.00. The van der Waals surface area contributed by atoms with Crippen molar-refractivity contribution in [2.45, 2.75) is 45.6 Å². The molecular weight excluding hydrogens is 150 g/mol. The van der Waals surface area contributed by atoms with Crippen LogP contribution in [0.5, 0.6) is 0 Å². The standard InChI is InChI=1S/C10H21NO/c1-4-11-8-10(12)7-5-6-9(10,2)3/h11-12H,4-8H2,1-3H3. The average Bonchev–Trinajstić information content (AvgIpc) is 2.24. The predicted molar refractivity (Wildman–Crippen MR) is 51.1 cm³/mol. The molecule has 1 aliphatic rings. The summed E-state index contributed by atoms with van der Waals surface area (Å²) in [5.74, 6) is 0. The smallest absolute Gasteiger partial charge is 0.0822 e. The Kier molecular flexibility index (Phi) is 2.79. The van der Waals surface area contributed by atoms with Gasteiger partial charge in [-0.3, -0.25) is 0 Å². The van der Waals surface area contributed by atoms with Crippen LogP contribution >= 0.6 is 0 Å². The van der Waals surface area contributed by atoms with E-state index in [1.54, 1.807) is 0 Å². The molecule has 0 aliphatic heterocycles. The van der Waals surface area contributed by atoms with E-state index in [9.17, 15) is 5.11 Å². The van der Waals surface area contributed by atoms with Gasteiger partial charge in [-0.1, -0.05) is 20.8 Å². The van der Waals surface area contributed by atoms with Crippen molar-refractivity contribution in [3.05, 3.63) is 0 Å². The highest BCUT2D eigenvalue weighted by molar-refractivity contribution is 4.99. The summed E-state index contributed by atoms with van der Waals surface area (Å²) in [4.78, 5) is 0.